The van der Waals surface area contributed by atoms with Crippen LogP contribution in [0.4, 0.5) is 13.2 Å². The average molecular weight is 473 g/mol. The highest BCUT2D eigenvalue weighted by molar-refractivity contribution is 5.80. The summed E-state index contributed by atoms with van der Waals surface area (Å²) in [5.74, 6) is 0.306. The Hall–Kier alpha value is -3.89. The molecule has 0 aliphatic heterocycles. The van der Waals surface area contributed by atoms with Gasteiger partial charge < -0.3 is 14.2 Å². The Balaban J connectivity index is 1.66. The Kier molecular flexibility index (Phi) is 6.27. The number of allylic oxidation sites excluding steroid dienone is 1. The van der Waals surface area contributed by atoms with Gasteiger partial charge in [0.25, 0.3) is 0 Å². The zero-order chi connectivity index (χ0) is 24.5. The van der Waals surface area contributed by atoms with E-state index in [1.165, 1.54) is 26.4 Å². The van der Waals surface area contributed by atoms with Crippen LogP contribution in [0, 0.1) is 0 Å². The molecule has 1 aliphatic carbocycles. The van der Waals surface area contributed by atoms with Crippen LogP contribution in [0.2, 0.25) is 0 Å². The van der Waals surface area contributed by atoms with Gasteiger partial charge in [-0.05, 0) is 55.7 Å². The summed E-state index contributed by atoms with van der Waals surface area (Å²) in [5.41, 5.74) is 3.90. The minimum atomic E-state index is -4.72. The average Bonchev–Trinajstić information content (AvgIpc) is 3.46. The summed E-state index contributed by atoms with van der Waals surface area (Å²) >= 11 is 0. The molecule has 3 aromatic rings. The Morgan fingerprint density at radius 1 is 1.15 bits per heavy atom. The van der Waals surface area contributed by atoms with E-state index in [1.807, 2.05) is 13.0 Å². The van der Waals surface area contributed by atoms with Gasteiger partial charge in [-0.15, -0.1) is 13.2 Å². The lowest BCUT2D eigenvalue weighted by Gasteiger charge is -2.11. The van der Waals surface area contributed by atoms with Crippen LogP contribution >= 0.6 is 0 Å². The number of benzene rings is 1. The van der Waals surface area contributed by atoms with Crippen molar-refractivity contribution in [1.82, 2.24) is 14.6 Å². The monoisotopic (exact) mass is 473 g/mol. The highest BCUT2D eigenvalue weighted by atomic mass is 19.4. The van der Waals surface area contributed by atoms with E-state index in [2.05, 4.69) is 31.5 Å². The standard InChI is InChI=1S/C23H22F3N5O3/c1-13(21(32-3)29-22(27-2)33-4)19-12-18(20-28-9-10-31(20)30-19)17-11-16(17)14-5-7-15(8-6-14)34-23(24,25)26/h5-10,12,16-17H,2,11H2,1,3-4H3/b21-13-,29-22?/t16-,17+/m1/s1. The van der Waals surface area contributed by atoms with Crippen LogP contribution in [0.1, 0.15) is 42.0 Å². The molecule has 1 fully saturated rings. The van der Waals surface area contributed by atoms with Gasteiger partial charge in [0.1, 0.15) is 5.75 Å². The van der Waals surface area contributed by atoms with E-state index in [4.69, 9.17) is 9.47 Å². The molecule has 4 rings (SSSR count). The maximum atomic E-state index is 12.4. The molecule has 8 nitrogen and oxygen atoms in total. The van der Waals surface area contributed by atoms with Crippen molar-refractivity contribution in [3.63, 3.8) is 0 Å². The van der Waals surface area contributed by atoms with E-state index in [-0.39, 0.29) is 29.5 Å². The number of hydrogen-bond donors (Lipinski definition) is 0. The van der Waals surface area contributed by atoms with Crippen LogP contribution in [0.5, 0.6) is 5.75 Å². The fourth-order valence-corrected chi connectivity index (χ4v) is 3.85. The van der Waals surface area contributed by atoms with Crippen molar-refractivity contribution in [3.05, 3.63) is 65.4 Å². The Bertz CT molecular complexity index is 1270. The summed E-state index contributed by atoms with van der Waals surface area (Å²) < 4.78 is 53.4. The van der Waals surface area contributed by atoms with Crippen LogP contribution in [0.15, 0.2) is 58.6 Å². The van der Waals surface area contributed by atoms with Crippen molar-refractivity contribution in [2.45, 2.75) is 31.5 Å². The van der Waals surface area contributed by atoms with Gasteiger partial charge >= 0.3 is 12.4 Å². The van der Waals surface area contributed by atoms with E-state index < -0.39 is 6.36 Å². The molecule has 0 spiro atoms. The minimum absolute atomic E-state index is 0.0559. The number of amidine groups is 1. The fraction of sp³-hybridized carbons (Fsp3) is 0.304. The third-order valence-electron chi connectivity index (χ3n) is 5.53. The first-order chi connectivity index (χ1) is 16.2. The first-order valence-electron chi connectivity index (χ1n) is 10.3. The molecular formula is C23H22F3N5O3. The predicted molar refractivity (Wildman–Crippen MR) is 120 cm³/mol. The predicted octanol–water partition coefficient (Wildman–Crippen LogP) is 4.94. The van der Waals surface area contributed by atoms with Crippen LogP contribution < -0.4 is 4.74 Å². The van der Waals surface area contributed by atoms with Gasteiger partial charge in [0.05, 0.1) is 19.9 Å². The van der Waals surface area contributed by atoms with Crippen molar-refractivity contribution < 1.29 is 27.4 Å². The lowest BCUT2D eigenvalue weighted by molar-refractivity contribution is -0.274. The maximum Gasteiger partial charge on any atom is 0.573 e. The molecule has 0 radical (unpaired) electrons. The van der Waals surface area contributed by atoms with Crippen molar-refractivity contribution in [2.75, 3.05) is 14.2 Å². The van der Waals surface area contributed by atoms with Gasteiger partial charge in [0.2, 0.25) is 5.88 Å². The van der Waals surface area contributed by atoms with Crippen LogP contribution in [0.3, 0.4) is 0 Å². The van der Waals surface area contributed by atoms with Gasteiger partial charge in [-0.3, -0.25) is 0 Å². The second-order valence-electron chi connectivity index (χ2n) is 7.64. The lowest BCUT2D eigenvalue weighted by atomic mass is 10.0. The molecule has 178 valence electrons. The minimum Gasteiger partial charge on any atom is -0.481 e. The molecule has 0 saturated heterocycles. The first-order valence-corrected chi connectivity index (χ1v) is 10.3. The van der Waals surface area contributed by atoms with E-state index in [0.29, 0.717) is 16.9 Å². The van der Waals surface area contributed by atoms with Gasteiger partial charge in [-0.25, -0.2) is 14.5 Å². The number of imidazole rings is 1. The molecule has 0 unspecified atom stereocenters. The summed E-state index contributed by atoms with van der Waals surface area (Å²) in [5, 5.41) is 4.61. The first kappa shape index (κ1) is 23.3. The summed E-state index contributed by atoms with van der Waals surface area (Å²) in [7, 11) is 2.91. The molecule has 0 bridgehead atoms. The SMILES string of the molecule is C=NC(=N/C(OC)=C(\C)c1cc([C@H]2C[C@@H]2c2ccc(OC(F)(F)F)cc2)c2nccn2n1)OC. The van der Waals surface area contributed by atoms with Crippen molar-refractivity contribution >= 4 is 24.0 Å². The maximum absolute atomic E-state index is 12.4. The topological polar surface area (TPSA) is 82.6 Å². The highest BCUT2D eigenvalue weighted by Gasteiger charge is 2.41. The Morgan fingerprint density at radius 2 is 1.88 bits per heavy atom. The number of methoxy groups -OCH3 is 2. The highest BCUT2D eigenvalue weighted by Crippen LogP contribution is 2.55. The summed E-state index contributed by atoms with van der Waals surface area (Å²) in [4.78, 5) is 12.4. The van der Waals surface area contributed by atoms with E-state index in [9.17, 15) is 13.2 Å². The molecule has 2 atom stereocenters. The van der Waals surface area contributed by atoms with Gasteiger partial charge in [-0.1, -0.05) is 12.1 Å². The summed E-state index contributed by atoms with van der Waals surface area (Å²) in [6.45, 7) is 5.23. The van der Waals surface area contributed by atoms with Crippen molar-refractivity contribution in [3.8, 4) is 5.75 Å². The molecular weight excluding hydrogens is 451 g/mol. The molecule has 11 heteroatoms. The number of ether oxygens (including phenoxy) is 3. The third kappa shape index (κ3) is 4.87. The largest absolute Gasteiger partial charge is 0.573 e. The number of hydrogen-bond acceptors (Lipinski definition) is 6. The smallest absolute Gasteiger partial charge is 0.481 e. The van der Waals surface area contributed by atoms with E-state index >= 15 is 0 Å². The van der Waals surface area contributed by atoms with Gasteiger partial charge in [-0.2, -0.15) is 10.1 Å². The van der Waals surface area contributed by atoms with Crippen LogP contribution in [-0.2, 0) is 9.47 Å². The Labute approximate surface area is 193 Å². The number of nitrogens with zero attached hydrogens (tertiary/aromatic N) is 5. The van der Waals surface area contributed by atoms with Crippen molar-refractivity contribution in [1.29, 1.82) is 0 Å². The Morgan fingerprint density at radius 3 is 2.50 bits per heavy atom. The van der Waals surface area contributed by atoms with Crippen LogP contribution in [0.25, 0.3) is 11.2 Å². The quantitative estimate of drug-likeness (QED) is 0.288. The van der Waals surface area contributed by atoms with Gasteiger partial charge in [0, 0.05) is 23.5 Å². The third-order valence-corrected chi connectivity index (χ3v) is 5.53. The zero-order valence-electron chi connectivity index (χ0n) is 18.7. The molecule has 2 heterocycles. The fourth-order valence-electron chi connectivity index (χ4n) is 3.85. The second kappa shape index (κ2) is 9.16. The molecule has 1 saturated carbocycles. The van der Waals surface area contributed by atoms with E-state index in [0.717, 1.165) is 17.5 Å². The molecule has 0 N–H and O–H groups in total. The molecule has 2 aromatic heterocycles. The summed E-state index contributed by atoms with van der Waals surface area (Å²) in [6.07, 6.45) is -0.476. The van der Waals surface area contributed by atoms with Crippen LogP contribution in [-0.4, -0.2) is 47.9 Å². The van der Waals surface area contributed by atoms with Crippen molar-refractivity contribution in [2.24, 2.45) is 9.98 Å². The lowest BCUT2D eigenvalue weighted by Crippen LogP contribution is -2.17. The molecule has 0 amide bonds. The molecule has 1 aromatic carbocycles. The molecule has 1 aliphatic rings. The normalized spacial score (nSPS) is 18.9. The summed E-state index contributed by atoms with van der Waals surface area (Å²) in [6, 6.07) is 7.98. The number of aliphatic imine (C=N–C) groups is 2. The molecule has 34 heavy (non-hydrogen) atoms. The number of rotatable bonds is 6. The number of aromatic nitrogens is 3. The number of halogens is 3. The second-order valence-corrected chi connectivity index (χ2v) is 7.64. The zero-order valence-corrected chi connectivity index (χ0v) is 18.7. The van der Waals surface area contributed by atoms with E-state index in [1.54, 1.807) is 29.0 Å². The number of alkyl halides is 3. The van der Waals surface area contributed by atoms with Gasteiger partial charge in [0.15, 0.2) is 5.65 Å². The number of fused-ring (bicyclic) bond motifs is 1.